The summed E-state index contributed by atoms with van der Waals surface area (Å²) in [7, 11) is 0. The number of aromatic nitrogens is 1. The molecular weight excluding hydrogens is 373 g/mol. The topological polar surface area (TPSA) is 62.3 Å². The van der Waals surface area contributed by atoms with Gasteiger partial charge in [-0.2, -0.15) is 0 Å². The third kappa shape index (κ3) is 4.96. The van der Waals surface area contributed by atoms with E-state index in [0.717, 1.165) is 17.5 Å². The third-order valence-electron chi connectivity index (χ3n) is 4.34. The number of hydrogen-bond donors (Lipinski definition) is 1. The molecule has 2 amide bonds. The van der Waals surface area contributed by atoms with Crippen LogP contribution in [0.25, 0.3) is 0 Å². The van der Waals surface area contributed by atoms with Gasteiger partial charge in [-0.1, -0.05) is 29.3 Å². The van der Waals surface area contributed by atoms with Gasteiger partial charge in [0, 0.05) is 37.9 Å². The van der Waals surface area contributed by atoms with Gasteiger partial charge in [-0.05, 0) is 41.8 Å². The number of amides is 2. The van der Waals surface area contributed by atoms with Crippen molar-refractivity contribution in [3.63, 3.8) is 0 Å². The second-order valence-corrected chi connectivity index (χ2v) is 7.17. The first-order valence-electron chi connectivity index (χ1n) is 8.41. The first-order chi connectivity index (χ1) is 12.5. The number of nitrogens with one attached hydrogen (secondary N) is 1. The van der Waals surface area contributed by atoms with Gasteiger partial charge in [0.25, 0.3) is 0 Å². The number of nitrogens with zero attached hydrogens (tertiary/aromatic N) is 2. The van der Waals surface area contributed by atoms with Gasteiger partial charge < -0.3 is 10.2 Å². The van der Waals surface area contributed by atoms with E-state index in [-0.39, 0.29) is 24.3 Å². The zero-order chi connectivity index (χ0) is 18.5. The average Bonchev–Trinajstić information content (AvgIpc) is 3.03. The van der Waals surface area contributed by atoms with Gasteiger partial charge in [0.2, 0.25) is 11.8 Å². The molecule has 0 aliphatic carbocycles. The second kappa shape index (κ2) is 8.52. The van der Waals surface area contributed by atoms with Crippen LogP contribution in [0, 0.1) is 0 Å². The summed E-state index contributed by atoms with van der Waals surface area (Å²) in [6.07, 6.45) is 4.88. The van der Waals surface area contributed by atoms with E-state index in [1.807, 2.05) is 12.1 Å². The van der Waals surface area contributed by atoms with Crippen LogP contribution in [0.4, 0.5) is 0 Å². The van der Waals surface area contributed by atoms with Crippen molar-refractivity contribution in [2.75, 3.05) is 6.54 Å². The molecule has 2 aromatic rings. The van der Waals surface area contributed by atoms with E-state index >= 15 is 0 Å². The first kappa shape index (κ1) is 18.7. The molecule has 1 saturated heterocycles. The number of pyridine rings is 1. The molecule has 0 saturated carbocycles. The van der Waals surface area contributed by atoms with Crippen LogP contribution in [0.5, 0.6) is 0 Å². The molecule has 1 aliphatic heterocycles. The molecule has 0 spiro atoms. The maximum Gasteiger partial charge on any atom is 0.227 e. The normalized spacial score (nSPS) is 16.4. The largest absolute Gasteiger partial charge is 0.352 e. The van der Waals surface area contributed by atoms with Gasteiger partial charge in [-0.25, -0.2) is 0 Å². The van der Waals surface area contributed by atoms with Crippen LogP contribution in [0.15, 0.2) is 42.7 Å². The fourth-order valence-corrected chi connectivity index (χ4v) is 3.30. The Labute approximate surface area is 162 Å². The summed E-state index contributed by atoms with van der Waals surface area (Å²) in [4.78, 5) is 30.2. The van der Waals surface area contributed by atoms with E-state index in [1.165, 1.54) is 0 Å². The second-order valence-electron chi connectivity index (χ2n) is 6.36. The molecule has 0 radical (unpaired) electrons. The summed E-state index contributed by atoms with van der Waals surface area (Å²) in [5, 5.41) is 3.82. The molecule has 1 fully saturated rings. The first-order valence-corrected chi connectivity index (χ1v) is 9.17. The SMILES string of the molecule is O=C1CC[C@@H](CN(Cc2ccncc2)C(=O)Cc2ccc(Cl)c(Cl)c2)N1. The van der Waals surface area contributed by atoms with Crippen molar-refractivity contribution in [2.24, 2.45) is 0 Å². The Hall–Kier alpha value is -2.11. The van der Waals surface area contributed by atoms with Crippen LogP contribution < -0.4 is 5.32 Å². The standard InChI is InChI=1S/C19H19Cl2N3O2/c20-16-3-1-14(9-17(16)21)10-19(26)24(11-13-5-7-22-8-6-13)12-15-2-4-18(25)23-15/h1,3,5-9,15H,2,4,10-12H2,(H,23,25)/t15-/m0/s1. The third-order valence-corrected chi connectivity index (χ3v) is 5.08. The lowest BCUT2D eigenvalue weighted by atomic mass is 10.1. The number of carbonyl (C=O) groups is 2. The Bertz CT molecular complexity index is 799. The number of halogens is 2. The van der Waals surface area contributed by atoms with Crippen molar-refractivity contribution in [1.29, 1.82) is 0 Å². The maximum atomic E-state index is 12.9. The fraction of sp³-hybridized carbons (Fsp3) is 0.316. The maximum absolute atomic E-state index is 12.9. The van der Waals surface area contributed by atoms with Crippen molar-refractivity contribution >= 4 is 35.0 Å². The molecule has 136 valence electrons. The molecule has 1 aromatic carbocycles. The zero-order valence-electron chi connectivity index (χ0n) is 14.1. The highest BCUT2D eigenvalue weighted by Gasteiger charge is 2.25. The Morgan fingerprint density at radius 2 is 1.92 bits per heavy atom. The van der Waals surface area contributed by atoms with Crippen LogP contribution in [-0.2, 0) is 22.6 Å². The molecule has 1 aliphatic rings. The van der Waals surface area contributed by atoms with E-state index in [2.05, 4.69) is 10.3 Å². The summed E-state index contributed by atoms with van der Waals surface area (Å²) >= 11 is 12.0. The molecule has 1 N–H and O–H groups in total. The minimum absolute atomic E-state index is 0.0120. The average molecular weight is 392 g/mol. The van der Waals surface area contributed by atoms with E-state index in [1.54, 1.807) is 35.5 Å². The number of rotatable bonds is 6. The Morgan fingerprint density at radius 1 is 1.15 bits per heavy atom. The van der Waals surface area contributed by atoms with Crippen LogP contribution in [0.3, 0.4) is 0 Å². The van der Waals surface area contributed by atoms with Crippen molar-refractivity contribution in [3.8, 4) is 0 Å². The molecule has 1 atom stereocenters. The van der Waals surface area contributed by atoms with E-state index in [9.17, 15) is 9.59 Å². The predicted octanol–water partition coefficient (Wildman–Crippen LogP) is 3.24. The summed E-state index contributed by atoms with van der Waals surface area (Å²) in [5.74, 6) is 0.0112. The number of benzene rings is 1. The number of carbonyl (C=O) groups excluding carboxylic acids is 2. The van der Waals surface area contributed by atoms with Gasteiger partial charge in [-0.15, -0.1) is 0 Å². The van der Waals surface area contributed by atoms with E-state index in [4.69, 9.17) is 23.2 Å². The molecule has 3 rings (SSSR count). The minimum Gasteiger partial charge on any atom is -0.352 e. The molecule has 5 nitrogen and oxygen atoms in total. The highest BCUT2D eigenvalue weighted by atomic mass is 35.5. The van der Waals surface area contributed by atoms with Crippen molar-refractivity contribution in [1.82, 2.24) is 15.2 Å². The van der Waals surface area contributed by atoms with Gasteiger partial charge in [0.15, 0.2) is 0 Å². The lowest BCUT2D eigenvalue weighted by Gasteiger charge is -2.26. The molecule has 0 unspecified atom stereocenters. The number of hydrogen-bond acceptors (Lipinski definition) is 3. The molecule has 26 heavy (non-hydrogen) atoms. The summed E-state index contributed by atoms with van der Waals surface area (Å²) < 4.78 is 0. The highest BCUT2D eigenvalue weighted by Crippen LogP contribution is 2.23. The fourth-order valence-electron chi connectivity index (χ4n) is 2.98. The zero-order valence-corrected chi connectivity index (χ0v) is 15.6. The Morgan fingerprint density at radius 3 is 2.58 bits per heavy atom. The van der Waals surface area contributed by atoms with Gasteiger partial charge in [0.05, 0.1) is 16.5 Å². The van der Waals surface area contributed by atoms with Crippen LogP contribution in [0.2, 0.25) is 10.0 Å². The minimum atomic E-state index is -0.0265. The van der Waals surface area contributed by atoms with Crippen LogP contribution >= 0.6 is 23.2 Å². The smallest absolute Gasteiger partial charge is 0.227 e. The molecular formula is C19H19Cl2N3O2. The Kier molecular flexibility index (Phi) is 6.12. The van der Waals surface area contributed by atoms with Crippen LogP contribution in [0.1, 0.15) is 24.0 Å². The van der Waals surface area contributed by atoms with Crippen molar-refractivity contribution in [3.05, 3.63) is 63.9 Å². The quantitative estimate of drug-likeness (QED) is 0.821. The van der Waals surface area contributed by atoms with Crippen molar-refractivity contribution < 1.29 is 9.59 Å². The van der Waals surface area contributed by atoms with Gasteiger partial charge in [-0.3, -0.25) is 14.6 Å². The lowest BCUT2D eigenvalue weighted by Crippen LogP contribution is -2.42. The Balaban J connectivity index is 1.73. The van der Waals surface area contributed by atoms with E-state index < -0.39 is 0 Å². The summed E-state index contributed by atoms with van der Waals surface area (Å²) in [6.45, 7) is 0.948. The molecule has 7 heteroatoms. The van der Waals surface area contributed by atoms with Crippen molar-refractivity contribution in [2.45, 2.75) is 31.8 Å². The predicted molar refractivity (Wildman–Crippen MR) is 101 cm³/mol. The van der Waals surface area contributed by atoms with Crippen LogP contribution in [-0.4, -0.2) is 34.3 Å². The van der Waals surface area contributed by atoms with E-state index in [0.29, 0.717) is 29.6 Å². The lowest BCUT2D eigenvalue weighted by molar-refractivity contribution is -0.131. The molecule has 2 heterocycles. The summed E-state index contributed by atoms with van der Waals surface area (Å²) in [6, 6.07) is 8.95. The summed E-state index contributed by atoms with van der Waals surface area (Å²) in [5.41, 5.74) is 1.80. The molecule has 1 aromatic heterocycles. The van der Waals surface area contributed by atoms with Gasteiger partial charge >= 0.3 is 0 Å². The monoisotopic (exact) mass is 391 g/mol. The highest BCUT2D eigenvalue weighted by molar-refractivity contribution is 6.42. The molecule has 0 bridgehead atoms. The van der Waals surface area contributed by atoms with Gasteiger partial charge in [0.1, 0.15) is 0 Å².